The maximum absolute atomic E-state index is 11.4. The van der Waals surface area contributed by atoms with Gasteiger partial charge in [0.2, 0.25) is 5.95 Å². The minimum Gasteiger partial charge on any atom is -0.450 e. The van der Waals surface area contributed by atoms with E-state index in [0.717, 1.165) is 11.3 Å². The van der Waals surface area contributed by atoms with Crippen LogP contribution in [0.1, 0.15) is 12.6 Å². The SMILES string of the molecule is CCOC(=O)NCc1cc(-c2ncnc(Nc3cccc(Cl)c3)n2)ccn1. The molecule has 1 aromatic carbocycles. The quantitative estimate of drug-likeness (QED) is 0.669. The number of hydrogen-bond donors (Lipinski definition) is 2. The molecule has 2 aromatic heterocycles. The van der Waals surface area contributed by atoms with Crippen molar-refractivity contribution in [3.05, 3.63) is 59.6 Å². The molecule has 3 rings (SSSR count). The molecule has 0 saturated heterocycles. The number of nitrogens with one attached hydrogen (secondary N) is 2. The van der Waals surface area contributed by atoms with Gasteiger partial charge in [0, 0.05) is 22.5 Å². The van der Waals surface area contributed by atoms with E-state index < -0.39 is 6.09 Å². The van der Waals surface area contributed by atoms with Crippen molar-refractivity contribution in [2.75, 3.05) is 11.9 Å². The van der Waals surface area contributed by atoms with Gasteiger partial charge in [0.15, 0.2) is 5.82 Å². The van der Waals surface area contributed by atoms with E-state index >= 15 is 0 Å². The molecular formula is C18H17ClN6O2. The second kappa shape index (κ2) is 8.91. The van der Waals surface area contributed by atoms with Crippen LogP contribution in [-0.2, 0) is 11.3 Å². The number of carbonyl (C=O) groups excluding carboxylic acids is 1. The summed E-state index contributed by atoms with van der Waals surface area (Å²) >= 11 is 5.99. The highest BCUT2D eigenvalue weighted by atomic mass is 35.5. The molecule has 27 heavy (non-hydrogen) atoms. The van der Waals surface area contributed by atoms with Gasteiger partial charge in [0.25, 0.3) is 0 Å². The van der Waals surface area contributed by atoms with Crippen LogP contribution in [0.15, 0.2) is 48.9 Å². The van der Waals surface area contributed by atoms with Crippen molar-refractivity contribution in [1.82, 2.24) is 25.3 Å². The molecule has 0 saturated carbocycles. The highest BCUT2D eigenvalue weighted by molar-refractivity contribution is 6.30. The molecule has 0 spiro atoms. The lowest BCUT2D eigenvalue weighted by Gasteiger charge is -2.08. The Labute approximate surface area is 161 Å². The number of alkyl carbamates (subject to hydrolysis) is 1. The third-order valence-corrected chi connectivity index (χ3v) is 3.65. The van der Waals surface area contributed by atoms with E-state index in [1.807, 2.05) is 12.1 Å². The van der Waals surface area contributed by atoms with E-state index in [4.69, 9.17) is 16.3 Å². The first-order valence-corrected chi connectivity index (χ1v) is 8.59. The van der Waals surface area contributed by atoms with Gasteiger partial charge in [-0.2, -0.15) is 4.98 Å². The highest BCUT2D eigenvalue weighted by Gasteiger charge is 2.07. The molecule has 0 bridgehead atoms. The number of rotatable bonds is 6. The lowest BCUT2D eigenvalue weighted by molar-refractivity contribution is 0.151. The van der Waals surface area contributed by atoms with Gasteiger partial charge in [-0.15, -0.1) is 0 Å². The number of ether oxygens (including phenoxy) is 1. The lowest BCUT2D eigenvalue weighted by Crippen LogP contribution is -2.24. The van der Waals surface area contributed by atoms with Crippen LogP contribution in [-0.4, -0.2) is 32.6 Å². The van der Waals surface area contributed by atoms with Gasteiger partial charge in [-0.1, -0.05) is 17.7 Å². The molecule has 0 aliphatic heterocycles. The van der Waals surface area contributed by atoms with Crippen LogP contribution in [0.2, 0.25) is 5.02 Å². The summed E-state index contributed by atoms with van der Waals surface area (Å²) in [4.78, 5) is 28.4. The van der Waals surface area contributed by atoms with Gasteiger partial charge in [-0.3, -0.25) is 4.98 Å². The second-order valence-electron chi connectivity index (χ2n) is 5.38. The number of carbonyl (C=O) groups is 1. The minimum absolute atomic E-state index is 0.241. The summed E-state index contributed by atoms with van der Waals surface area (Å²) in [7, 11) is 0. The summed E-state index contributed by atoms with van der Waals surface area (Å²) in [5.41, 5.74) is 2.18. The first-order valence-electron chi connectivity index (χ1n) is 8.21. The number of anilines is 2. The maximum Gasteiger partial charge on any atom is 0.407 e. The van der Waals surface area contributed by atoms with Gasteiger partial charge in [-0.05, 0) is 37.3 Å². The lowest BCUT2D eigenvalue weighted by atomic mass is 10.2. The van der Waals surface area contributed by atoms with Crippen molar-refractivity contribution in [3.8, 4) is 11.4 Å². The maximum atomic E-state index is 11.4. The summed E-state index contributed by atoms with van der Waals surface area (Å²) in [6, 6.07) is 10.8. The number of halogens is 1. The molecule has 3 aromatic rings. The molecular weight excluding hydrogens is 368 g/mol. The van der Waals surface area contributed by atoms with E-state index in [1.165, 1.54) is 6.33 Å². The number of nitrogens with zero attached hydrogens (tertiary/aromatic N) is 4. The van der Waals surface area contributed by atoms with E-state index in [-0.39, 0.29) is 6.54 Å². The van der Waals surface area contributed by atoms with E-state index in [1.54, 1.807) is 37.4 Å². The Morgan fingerprint density at radius 1 is 1.19 bits per heavy atom. The summed E-state index contributed by atoms with van der Waals surface area (Å²) in [6.07, 6.45) is 2.57. The summed E-state index contributed by atoms with van der Waals surface area (Å²) in [6.45, 7) is 2.30. The monoisotopic (exact) mass is 384 g/mol. The smallest absolute Gasteiger partial charge is 0.407 e. The number of amides is 1. The summed E-state index contributed by atoms with van der Waals surface area (Å²) < 4.78 is 4.83. The van der Waals surface area contributed by atoms with E-state index in [9.17, 15) is 4.79 Å². The fraction of sp³-hybridized carbons (Fsp3) is 0.167. The number of aromatic nitrogens is 4. The molecule has 0 radical (unpaired) electrons. The van der Waals surface area contributed by atoms with Gasteiger partial charge in [0.1, 0.15) is 6.33 Å². The van der Waals surface area contributed by atoms with Crippen molar-refractivity contribution in [1.29, 1.82) is 0 Å². The van der Waals surface area contributed by atoms with Gasteiger partial charge in [0.05, 0.1) is 18.8 Å². The fourth-order valence-electron chi connectivity index (χ4n) is 2.25. The van der Waals surface area contributed by atoms with Crippen LogP contribution >= 0.6 is 11.6 Å². The largest absolute Gasteiger partial charge is 0.450 e. The average molecular weight is 385 g/mol. The van der Waals surface area contributed by atoms with Crippen LogP contribution < -0.4 is 10.6 Å². The molecule has 0 aliphatic rings. The Balaban J connectivity index is 1.74. The van der Waals surface area contributed by atoms with Crippen molar-refractivity contribution in [2.24, 2.45) is 0 Å². The molecule has 138 valence electrons. The van der Waals surface area contributed by atoms with E-state index in [2.05, 4.69) is 30.6 Å². The topological polar surface area (TPSA) is 102 Å². The van der Waals surface area contributed by atoms with Crippen LogP contribution in [0.25, 0.3) is 11.4 Å². The van der Waals surface area contributed by atoms with Gasteiger partial charge < -0.3 is 15.4 Å². The number of benzene rings is 1. The Kier molecular flexibility index (Phi) is 6.11. The molecule has 2 N–H and O–H groups in total. The van der Waals surface area contributed by atoms with Crippen molar-refractivity contribution in [3.63, 3.8) is 0 Å². The first kappa shape index (κ1) is 18.5. The standard InChI is InChI=1S/C18H17ClN6O2/c1-2-27-18(26)21-10-15-8-12(6-7-20-15)16-22-11-23-17(25-16)24-14-5-3-4-13(19)9-14/h3-9,11H,2,10H2,1H3,(H,21,26)(H,22,23,24,25). The minimum atomic E-state index is -0.488. The second-order valence-corrected chi connectivity index (χ2v) is 5.81. The zero-order valence-electron chi connectivity index (χ0n) is 14.5. The zero-order chi connectivity index (χ0) is 19.1. The van der Waals surface area contributed by atoms with Gasteiger partial charge >= 0.3 is 6.09 Å². The van der Waals surface area contributed by atoms with Crippen molar-refractivity contribution < 1.29 is 9.53 Å². The normalized spacial score (nSPS) is 10.3. The Morgan fingerprint density at radius 2 is 2.07 bits per heavy atom. The molecule has 0 unspecified atom stereocenters. The Hall–Kier alpha value is -3.26. The van der Waals surface area contributed by atoms with E-state index in [0.29, 0.717) is 29.1 Å². The first-order chi connectivity index (χ1) is 13.1. The van der Waals surface area contributed by atoms with Crippen molar-refractivity contribution >= 4 is 29.3 Å². The van der Waals surface area contributed by atoms with Crippen LogP contribution in [0.3, 0.4) is 0 Å². The predicted octanol–water partition coefficient (Wildman–Crippen LogP) is 3.58. The van der Waals surface area contributed by atoms with Gasteiger partial charge in [-0.25, -0.2) is 14.8 Å². The summed E-state index contributed by atoms with van der Waals surface area (Å²) in [5.74, 6) is 0.875. The predicted molar refractivity (Wildman–Crippen MR) is 102 cm³/mol. The average Bonchev–Trinajstić information content (AvgIpc) is 2.67. The third kappa shape index (κ3) is 5.35. The molecule has 9 heteroatoms. The highest BCUT2D eigenvalue weighted by Crippen LogP contribution is 2.20. The molecule has 0 aliphatic carbocycles. The van der Waals surface area contributed by atoms with Crippen LogP contribution in [0, 0.1) is 0 Å². The summed E-state index contributed by atoms with van der Waals surface area (Å²) in [5, 5.41) is 6.33. The number of pyridine rings is 1. The molecule has 1 amide bonds. The Bertz CT molecular complexity index is 937. The van der Waals surface area contributed by atoms with Crippen LogP contribution in [0.5, 0.6) is 0 Å². The zero-order valence-corrected chi connectivity index (χ0v) is 15.3. The molecule has 2 heterocycles. The molecule has 0 fully saturated rings. The van der Waals surface area contributed by atoms with Crippen LogP contribution in [0.4, 0.5) is 16.4 Å². The molecule has 0 atom stereocenters. The fourth-order valence-corrected chi connectivity index (χ4v) is 2.44. The van der Waals surface area contributed by atoms with Crippen molar-refractivity contribution in [2.45, 2.75) is 13.5 Å². The third-order valence-electron chi connectivity index (χ3n) is 3.42. The Morgan fingerprint density at radius 3 is 2.89 bits per heavy atom. The molecule has 8 nitrogen and oxygen atoms in total. The number of hydrogen-bond acceptors (Lipinski definition) is 7.